The molecular weight excluding hydrogens is 386 g/mol. The fourth-order valence-corrected chi connectivity index (χ4v) is 5.41. The molecule has 3 rings (SSSR count). The van der Waals surface area contributed by atoms with Crippen LogP contribution >= 0.6 is 0 Å². The predicted molar refractivity (Wildman–Crippen MR) is 141 cm³/mol. The molecule has 0 saturated heterocycles. The van der Waals surface area contributed by atoms with Crippen molar-refractivity contribution in [3.8, 4) is 0 Å². The van der Waals surface area contributed by atoms with Gasteiger partial charge in [0.1, 0.15) is 0 Å². The summed E-state index contributed by atoms with van der Waals surface area (Å²) in [6, 6.07) is 0. The van der Waals surface area contributed by atoms with E-state index in [9.17, 15) is 0 Å². The zero-order valence-electron chi connectivity index (χ0n) is 21.4. The standard InChI is InChI=1S/C31H41N/c1-9-25-16-23(7)31(24(25)8)26(10-2)17-28-18-27(11-12-29(28)20(3)4)30-13-14-32-19-21(5)15-22(30)6/h10-13,15-17,19,25,27,32H,9,14,18H2,1-8H3/b21-19-,22-15?,26-10+,28-17-,30-13?. The van der Waals surface area contributed by atoms with Crippen LogP contribution in [0.4, 0.5) is 0 Å². The van der Waals surface area contributed by atoms with Crippen molar-refractivity contribution < 1.29 is 0 Å². The molecule has 0 spiro atoms. The maximum absolute atomic E-state index is 3.41. The van der Waals surface area contributed by atoms with Crippen LogP contribution in [0.25, 0.3) is 0 Å². The van der Waals surface area contributed by atoms with Gasteiger partial charge in [-0.3, -0.25) is 0 Å². The van der Waals surface area contributed by atoms with Gasteiger partial charge < -0.3 is 5.32 Å². The van der Waals surface area contributed by atoms with E-state index in [1.54, 1.807) is 0 Å². The number of rotatable bonds is 4. The van der Waals surface area contributed by atoms with Crippen molar-refractivity contribution >= 4 is 0 Å². The van der Waals surface area contributed by atoms with Gasteiger partial charge in [-0.25, -0.2) is 0 Å². The van der Waals surface area contributed by atoms with Crippen LogP contribution in [0.3, 0.4) is 0 Å². The van der Waals surface area contributed by atoms with Gasteiger partial charge in [0.05, 0.1) is 0 Å². The maximum atomic E-state index is 3.41. The van der Waals surface area contributed by atoms with Gasteiger partial charge in [-0.1, -0.05) is 60.6 Å². The molecule has 0 saturated carbocycles. The average molecular weight is 428 g/mol. The summed E-state index contributed by atoms with van der Waals surface area (Å²) in [4.78, 5) is 0. The van der Waals surface area contributed by atoms with Gasteiger partial charge >= 0.3 is 0 Å². The molecule has 1 heteroatoms. The van der Waals surface area contributed by atoms with Crippen LogP contribution < -0.4 is 5.32 Å². The molecule has 1 heterocycles. The smallest absolute Gasteiger partial charge is 0.0331 e. The maximum Gasteiger partial charge on any atom is 0.0331 e. The summed E-state index contributed by atoms with van der Waals surface area (Å²) in [5.41, 5.74) is 14.1. The Morgan fingerprint density at radius 3 is 2.50 bits per heavy atom. The highest BCUT2D eigenvalue weighted by Crippen LogP contribution is 2.41. The molecule has 0 fully saturated rings. The second-order valence-electron chi connectivity index (χ2n) is 9.70. The lowest BCUT2D eigenvalue weighted by Crippen LogP contribution is -2.15. The molecule has 3 aliphatic rings. The molecule has 0 aromatic rings. The van der Waals surface area contributed by atoms with Gasteiger partial charge in [0, 0.05) is 12.5 Å². The van der Waals surface area contributed by atoms with E-state index < -0.39 is 0 Å². The Hall–Kier alpha value is -2.54. The highest BCUT2D eigenvalue weighted by molar-refractivity contribution is 5.61. The molecule has 0 bridgehead atoms. The summed E-state index contributed by atoms with van der Waals surface area (Å²) in [5.74, 6) is 0.988. The summed E-state index contributed by atoms with van der Waals surface area (Å²) in [6.45, 7) is 18.8. The summed E-state index contributed by atoms with van der Waals surface area (Å²) in [7, 11) is 0. The zero-order chi connectivity index (χ0) is 23.4. The first kappa shape index (κ1) is 24.1. The van der Waals surface area contributed by atoms with E-state index in [1.165, 1.54) is 62.2 Å². The average Bonchev–Trinajstić information content (AvgIpc) is 3.03. The largest absolute Gasteiger partial charge is 0.387 e. The van der Waals surface area contributed by atoms with Crippen LogP contribution in [0.2, 0.25) is 0 Å². The number of allylic oxidation sites excluding steroid dienone is 16. The topological polar surface area (TPSA) is 12.0 Å². The van der Waals surface area contributed by atoms with Crippen LogP contribution in [0.5, 0.6) is 0 Å². The molecule has 0 radical (unpaired) electrons. The van der Waals surface area contributed by atoms with Crippen molar-refractivity contribution in [2.45, 2.75) is 68.2 Å². The lowest BCUT2D eigenvalue weighted by molar-refractivity contribution is 0.732. The Morgan fingerprint density at radius 1 is 1.12 bits per heavy atom. The van der Waals surface area contributed by atoms with Gasteiger partial charge in [0.15, 0.2) is 0 Å². The van der Waals surface area contributed by atoms with Crippen LogP contribution in [0.1, 0.15) is 68.2 Å². The summed E-state index contributed by atoms with van der Waals surface area (Å²) >= 11 is 0. The SMILES string of the molecule is C/C=C(\C=C1\CC(C2=CCN/C=C(/C)C=C2C)C=CC1=C(C)C)C1=C(C)C(CC)C=C1C. The molecule has 1 aliphatic heterocycles. The first-order valence-electron chi connectivity index (χ1n) is 12.2. The summed E-state index contributed by atoms with van der Waals surface area (Å²) < 4.78 is 0. The Balaban J connectivity index is 2.03. The van der Waals surface area contributed by atoms with Gasteiger partial charge in [0.25, 0.3) is 0 Å². The van der Waals surface area contributed by atoms with Crippen molar-refractivity contribution in [1.82, 2.24) is 5.32 Å². The third kappa shape index (κ3) is 5.09. The van der Waals surface area contributed by atoms with E-state index in [0.29, 0.717) is 11.8 Å². The predicted octanol–water partition coefficient (Wildman–Crippen LogP) is 8.45. The van der Waals surface area contributed by atoms with E-state index in [0.717, 1.165) is 13.0 Å². The molecule has 2 aliphatic carbocycles. The van der Waals surface area contributed by atoms with Gasteiger partial charge in [-0.05, 0) is 118 Å². The molecule has 32 heavy (non-hydrogen) atoms. The van der Waals surface area contributed by atoms with E-state index in [4.69, 9.17) is 0 Å². The molecule has 0 aromatic carbocycles. The Kier molecular flexibility index (Phi) is 7.82. The van der Waals surface area contributed by atoms with Crippen molar-refractivity contribution in [1.29, 1.82) is 0 Å². The van der Waals surface area contributed by atoms with Crippen molar-refractivity contribution in [3.05, 3.63) is 104 Å². The van der Waals surface area contributed by atoms with Gasteiger partial charge in [0.2, 0.25) is 0 Å². The summed E-state index contributed by atoms with van der Waals surface area (Å²) in [6.07, 6.45) is 21.0. The molecule has 0 aromatic heterocycles. The fourth-order valence-electron chi connectivity index (χ4n) is 5.41. The van der Waals surface area contributed by atoms with E-state index in [-0.39, 0.29) is 0 Å². The fraction of sp³-hybridized carbons (Fsp3) is 0.419. The molecule has 2 atom stereocenters. The lowest BCUT2D eigenvalue weighted by atomic mass is 9.78. The first-order chi connectivity index (χ1) is 15.3. The van der Waals surface area contributed by atoms with Crippen LogP contribution in [-0.2, 0) is 0 Å². The Labute approximate surface area is 196 Å². The highest BCUT2D eigenvalue weighted by atomic mass is 14.8. The van der Waals surface area contributed by atoms with Crippen LogP contribution in [0.15, 0.2) is 104 Å². The third-order valence-corrected chi connectivity index (χ3v) is 7.05. The van der Waals surface area contributed by atoms with Crippen LogP contribution in [-0.4, -0.2) is 6.54 Å². The Bertz CT molecular complexity index is 1040. The molecule has 2 unspecified atom stereocenters. The Morgan fingerprint density at radius 2 is 1.88 bits per heavy atom. The zero-order valence-corrected chi connectivity index (χ0v) is 21.4. The van der Waals surface area contributed by atoms with E-state index in [2.05, 4.69) is 109 Å². The quantitative estimate of drug-likeness (QED) is 0.474. The molecule has 0 amide bonds. The number of nitrogens with one attached hydrogen (secondary N) is 1. The summed E-state index contributed by atoms with van der Waals surface area (Å²) in [5, 5.41) is 3.41. The van der Waals surface area contributed by atoms with Crippen LogP contribution in [0, 0.1) is 11.8 Å². The van der Waals surface area contributed by atoms with Crippen molar-refractivity contribution in [2.75, 3.05) is 6.54 Å². The second kappa shape index (κ2) is 10.4. The molecule has 1 N–H and O–H groups in total. The normalized spacial score (nSPS) is 27.3. The monoisotopic (exact) mass is 427 g/mol. The molecule has 170 valence electrons. The van der Waals surface area contributed by atoms with Crippen molar-refractivity contribution in [3.63, 3.8) is 0 Å². The number of hydrogen-bond acceptors (Lipinski definition) is 1. The molecular formula is C31H41N. The molecule has 1 nitrogen and oxygen atoms in total. The number of hydrogen-bond donors (Lipinski definition) is 1. The minimum absolute atomic E-state index is 0.407. The van der Waals surface area contributed by atoms with Crippen molar-refractivity contribution in [2.24, 2.45) is 11.8 Å². The van der Waals surface area contributed by atoms with E-state index in [1.807, 2.05) is 0 Å². The minimum atomic E-state index is 0.407. The van der Waals surface area contributed by atoms with Gasteiger partial charge in [-0.15, -0.1) is 0 Å². The minimum Gasteiger partial charge on any atom is -0.387 e. The highest BCUT2D eigenvalue weighted by Gasteiger charge is 2.24. The first-order valence-corrected chi connectivity index (χ1v) is 12.2. The second-order valence-corrected chi connectivity index (χ2v) is 9.70. The third-order valence-electron chi connectivity index (χ3n) is 7.05. The van der Waals surface area contributed by atoms with E-state index >= 15 is 0 Å². The lowest BCUT2D eigenvalue weighted by Gasteiger charge is -2.27. The van der Waals surface area contributed by atoms with Gasteiger partial charge in [-0.2, -0.15) is 0 Å².